The molecule has 1 atom stereocenters. The molecule has 1 fully saturated rings. The molecule has 0 aromatic rings. The molecule has 0 heterocycles. The smallest absolute Gasteiger partial charge is 0.327 e. The van der Waals surface area contributed by atoms with Crippen molar-refractivity contribution in [3.63, 3.8) is 0 Å². The maximum Gasteiger partial charge on any atom is 0.327 e. The van der Waals surface area contributed by atoms with Crippen molar-refractivity contribution >= 4 is 5.97 Å². The van der Waals surface area contributed by atoms with Gasteiger partial charge in [0.2, 0.25) is 0 Å². The predicted molar refractivity (Wildman–Crippen MR) is 82.8 cm³/mol. The molecule has 0 aromatic carbocycles. The van der Waals surface area contributed by atoms with Crippen LogP contribution in [0.2, 0.25) is 0 Å². The molecule has 0 amide bonds. The van der Waals surface area contributed by atoms with Crippen LogP contribution in [0.15, 0.2) is 0 Å². The molecule has 1 rings (SSSR count). The van der Waals surface area contributed by atoms with Crippen molar-refractivity contribution in [2.24, 2.45) is 5.92 Å². The summed E-state index contributed by atoms with van der Waals surface area (Å²) in [4.78, 5) is 14.9. The lowest BCUT2D eigenvalue weighted by Crippen LogP contribution is -2.61. The molecule has 0 aliphatic heterocycles. The predicted octanol–water partition coefficient (Wildman–Crippen LogP) is 2.43. The molecular weight excluding hydrogens is 252 g/mol. The molecular formula is C16H32N2O2. The summed E-state index contributed by atoms with van der Waals surface area (Å²) < 4.78 is 5.14. The molecule has 1 aliphatic carbocycles. The number of rotatable bonds is 11. The number of methoxy groups -OCH3 is 1. The molecule has 0 aromatic heterocycles. The van der Waals surface area contributed by atoms with E-state index >= 15 is 0 Å². The Balaban J connectivity index is 2.85. The molecule has 4 heteroatoms. The van der Waals surface area contributed by atoms with Crippen molar-refractivity contribution in [3.8, 4) is 0 Å². The molecule has 1 unspecified atom stereocenters. The highest BCUT2D eigenvalue weighted by Gasteiger charge is 2.52. The number of carbonyl (C=O) groups excluding carboxylic acids is 1. The molecule has 1 saturated carbocycles. The average molecular weight is 284 g/mol. The Hall–Kier alpha value is -0.610. The van der Waals surface area contributed by atoms with Gasteiger partial charge in [-0.1, -0.05) is 20.8 Å². The second-order valence-electron chi connectivity index (χ2n) is 5.94. The van der Waals surface area contributed by atoms with E-state index in [0.717, 1.165) is 58.3 Å². The summed E-state index contributed by atoms with van der Waals surface area (Å²) in [7, 11) is 1.51. The SMILES string of the molecule is CCCNC(CN(CCC)CCC)(C(=O)OC)C1CC1. The van der Waals surface area contributed by atoms with Crippen LogP contribution < -0.4 is 5.32 Å². The van der Waals surface area contributed by atoms with Crippen molar-refractivity contribution in [2.75, 3.05) is 33.3 Å². The van der Waals surface area contributed by atoms with Gasteiger partial charge in [-0.15, -0.1) is 0 Å². The molecule has 1 aliphatic rings. The Labute approximate surface area is 124 Å². The number of esters is 1. The first kappa shape index (κ1) is 17.4. The normalized spacial score (nSPS) is 18.1. The van der Waals surface area contributed by atoms with Crippen LogP contribution in [0.1, 0.15) is 52.9 Å². The van der Waals surface area contributed by atoms with E-state index in [1.807, 2.05) is 0 Å². The van der Waals surface area contributed by atoms with Gasteiger partial charge in [-0.3, -0.25) is 0 Å². The lowest BCUT2D eigenvalue weighted by Gasteiger charge is -2.37. The minimum atomic E-state index is -0.491. The lowest BCUT2D eigenvalue weighted by atomic mass is 9.91. The molecule has 0 saturated heterocycles. The van der Waals surface area contributed by atoms with Gasteiger partial charge >= 0.3 is 5.97 Å². The molecule has 20 heavy (non-hydrogen) atoms. The zero-order valence-corrected chi connectivity index (χ0v) is 13.7. The van der Waals surface area contributed by atoms with Crippen LogP contribution in [-0.2, 0) is 9.53 Å². The zero-order chi connectivity index (χ0) is 15.0. The topological polar surface area (TPSA) is 41.6 Å². The summed E-state index contributed by atoms with van der Waals surface area (Å²) >= 11 is 0. The van der Waals surface area contributed by atoms with Gasteiger partial charge in [0, 0.05) is 6.54 Å². The third-order valence-corrected chi connectivity index (χ3v) is 4.07. The summed E-state index contributed by atoms with van der Waals surface area (Å²) in [6.07, 6.45) is 5.55. The lowest BCUT2D eigenvalue weighted by molar-refractivity contribution is -0.150. The standard InChI is InChI=1S/C16H32N2O2/c1-5-10-17-16(14-8-9-14,15(19)20-4)13-18(11-6-2)12-7-3/h14,17H,5-13H2,1-4H3. The molecule has 0 spiro atoms. The van der Waals surface area contributed by atoms with Gasteiger partial charge < -0.3 is 15.0 Å². The Bertz CT molecular complexity index is 286. The van der Waals surface area contributed by atoms with Gasteiger partial charge in [0.05, 0.1) is 7.11 Å². The number of hydrogen-bond donors (Lipinski definition) is 1. The van der Waals surface area contributed by atoms with Crippen molar-refractivity contribution in [2.45, 2.75) is 58.4 Å². The van der Waals surface area contributed by atoms with Crippen molar-refractivity contribution < 1.29 is 9.53 Å². The third kappa shape index (κ3) is 4.45. The van der Waals surface area contributed by atoms with E-state index in [1.54, 1.807) is 0 Å². The molecule has 118 valence electrons. The second kappa shape index (κ2) is 8.63. The van der Waals surface area contributed by atoms with Gasteiger partial charge in [-0.2, -0.15) is 0 Å². The summed E-state index contributed by atoms with van der Waals surface area (Å²) in [6, 6.07) is 0. The third-order valence-electron chi connectivity index (χ3n) is 4.07. The number of nitrogens with zero attached hydrogens (tertiary/aromatic N) is 1. The molecule has 1 N–H and O–H groups in total. The number of nitrogens with one attached hydrogen (secondary N) is 1. The van der Waals surface area contributed by atoms with E-state index < -0.39 is 5.54 Å². The maximum absolute atomic E-state index is 12.5. The molecule has 0 radical (unpaired) electrons. The fourth-order valence-corrected chi connectivity index (χ4v) is 2.99. The van der Waals surface area contributed by atoms with Crippen molar-refractivity contribution in [3.05, 3.63) is 0 Å². The van der Waals surface area contributed by atoms with Gasteiger partial charge in [0.1, 0.15) is 5.54 Å². The van der Waals surface area contributed by atoms with Gasteiger partial charge in [0.25, 0.3) is 0 Å². The van der Waals surface area contributed by atoms with Crippen LogP contribution >= 0.6 is 0 Å². The van der Waals surface area contributed by atoms with Crippen LogP contribution in [0.5, 0.6) is 0 Å². The highest BCUT2D eigenvalue weighted by atomic mass is 16.5. The molecule has 0 bridgehead atoms. The van der Waals surface area contributed by atoms with Crippen LogP contribution in [0.25, 0.3) is 0 Å². The monoisotopic (exact) mass is 284 g/mol. The summed E-state index contributed by atoms with van der Waals surface area (Å²) in [5, 5.41) is 3.53. The number of hydrogen-bond acceptors (Lipinski definition) is 4. The van der Waals surface area contributed by atoms with Crippen LogP contribution in [0, 0.1) is 5.92 Å². The zero-order valence-electron chi connectivity index (χ0n) is 13.7. The summed E-state index contributed by atoms with van der Waals surface area (Å²) in [5.41, 5.74) is -0.491. The molecule has 4 nitrogen and oxygen atoms in total. The number of ether oxygens (including phenoxy) is 1. The first-order chi connectivity index (χ1) is 9.64. The first-order valence-electron chi connectivity index (χ1n) is 8.20. The summed E-state index contributed by atoms with van der Waals surface area (Å²) in [5.74, 6) is 0.364. The maximum atomic E-state index is 12.5. The van der Waals surface area contributed by atoms with Crippen molar-refractivity contribution in [1.29, 1.82) is 0 Å². The highest BCUT2D eigenvalue weighted by Crippen LogP contribution is 2.41. The van der Waals surface area contributed by atoms with Crippen LogP contribution in [-0.4, -0.2) is 49.7 Å². The Morgan fingerprint density at radius 3 is 2.20 bits per heavy atom. The second-order valence-corrected chi connectivity index (χ2v) is 5.94. The van der Waals surface area contributed by atoms with Crippen LogP contribution in [0.3, 0.4) is 0 Å². The van der Waals surface area contributed by atoms with E-state index in [4.69, 9.17) is 4.74 Å². The summed E-state index contributed by atoms with van der Waals surface area (Å²) in [6.45, 7) is 10.3. The van der Waals surface area contributed by atoms with E-state index in [9.17, 15) is 4.79 Å². The van der Waals surface area contributed by atoms with E-state index in [0.29, 0.717) is 5.92 Å². The Morgan fingerprint density at radius 2 is 1.80 bits per heavy atom. The van der Waals surface area contributed by atoms with E-state index in [-0.39, 0.29) is 5.97 Å². The van der Waals surface area contributed by atoms with Gasteiger partial charge in [0.15, 0.2) is 0 Å². The average Bonchev–Trinajstić information content (AvgIpc) is 3.28. The Morgan fingerprint density at radius 1 is 1.20 bits per heavy atom. The first-order valence-corrected chi connectivity index (χ1v) is 8.20. The minimum Gasteiger partial charge on any atom is -0.468 e. The van der Waals surface area contributed by atoms with Crippen molar-refractivity contribution in [1.82, 2.24) is 10.2 Å². The highest BCUT2D eigenvalue weighted by molar-refractivity contribution is 5.82. The largest absolute Gasteiger partial charge is 0.468 e. The fourth-order valence-electron chi connectivity index (χ4n) is 2.99. The van der Waals surface area contributed by atoms with E-state index in [1.165, 1.54) is 7.11 Å². The quantitative estimate of drug-likeness (QED) is 0.592. The minimum absolute atomic E-state index is 0.0781. The van der Waals surface area contributed by atoms with E-state index in [2.05, 4.69) is 31.0 Å². The van der Waals surface area contributed by atoms with Crippen LogP contribution in [0.4, 0.5) is 0 Å². The van der Waals surface area contributed by atoms with Gasteiger partial charge in [-0.25, -0.2) is 4.79 Å². The Kier molecular flexibility index (Phi) is 7.52. The number of carbonyl (C=O) groups is 1. The fraction of sp³-hybridized carbons (Fsp3) is 0.938. The van der Waals surface area contributed by atoms with Gasteiger partial charge in [-0.05, 0) is 57.7 Å².